The van der Waals surface area contributed by atoms with E-state index in [0.717, 1.165) is 31.2 Å². The van der Waals surface area contributed by atoms with Gasteiger partial charge in [-0.3, -0.25) is 4.79 Å². The Kier molecular flexibility index (Phi) is 6.68. The molecule has 9 nitrogen and oxygen atoms in total. The molecule has 11 heteroatoms. The summed E-state index contributed by atoms with van der Waals surface area (Å²) in [7, 11) is -6.35. The van der Waals surface area contributed by atoms with E-state index in [9.17, 15) is 21.6 Å². The van der Waals surface area contributed by atoms with E-state index in [4.69, 9.17) is 0 Å². The van der Waals surface area contributed by atoms with E-state index in [2.05, 4.69) is 0 Å². The number of aryl methyl sites for hydroxylation is 1. The molecule has 0 spiro atoms. The Labute approximate surface area is 195 Å². The number of aromatic nitrogens is 1. The lowest BCUT2D eigenvalue weighted by atomic mass is 10.2. The van der Waals surface area contributed by atoms with Crippen molar-refractivity contribution in [3.8, 4) is 0 Å². The summed E-state index contributed by atoms with van der Waals surface area (Å²) < 4.78 is 57.4. The Morgan fingerprint density at radius 1 is 0.818 bits per heavy atom. The maximum Gasteiger partial charge on any atom is 0.246 e. The molecule has 0 bridgehead atoms. The second-order valence-electron chi connectivity index (χ2n) is 8.67. The van der Waals surface area contributed by atoms with Crippen molar-refractivity contribution in [3.05, 3.63) is 42.2 Å². The van der Waals surface area contributed by atoms with Crippen LogP contribution < -0.4 is 4.90 Å². The molecular weight excluding hydrogens is 464 g/mol. The summed E-state index contributed by atoms with van der Waals surface area (Å²) in [5, 5.41) is 0. The number of carbonyl (C=O) groups excluding carboxylic acids is 1. The number of anilines is 1. The zero-order chi connectivity index (χ0) is 23.8. The van der Waals surface area contributed by atoms with Crippen molar-refractivity contribution >= 4 is 31.6 Å². The van der Waals surface area contributed by atoms with Crippen LogP contribution in [0, 0.1) is 6.92 Å². The highest BCUT2D eigenvalue weighted by Crippen LogP contribution is 2.31. The van der Waals surface area contributed by atoms with Crippen LogP contribution in [0.2, 0.25) is 0 Å². The minimum absolute atomic E-state index is 0.178. The van der Waals surface area contributed by atoms with E-state index in [1.165, 1.54) is 30.5 Å². The van der Waals surface area contributed by atoms with Crippen molar-refractivity contribution in [2.45, 2.75) is 48.9 Å². The number of nitrogens with zero attached hydrogens (tertiary/aromatic N) is 4. The molecule has 1 aromatic carbocycles. The molecule has 0 aliphatic carbocycles. The quantitative estimate of drug-likeness (QED) is 0.586. The number of hydrogen-bond donors (Lipinski definition) is 0. The molecule has 2 fully saturated rings. The predicted octanol–water partition coefficient (Wildman–Crippen LogP) is 2.03. The second kappa shape index (κ2) is 9.21. The number of benzene rings is 1. The molecule has 0 saturated carbocycles. The fourth-order valence-corrected chi connectivity index (χ4v) is 8.07. The SMILES string of the molecule is Cc1ccc(N(C)C(=O)Cn2cc(S(=O)(=O)N3CCCC3)c(S(=O)(=O)N3CCCC3)c2)cc1. The summed E-state index contributed by atoms with van der Waals surface area (Å²) >= 11 is 0. The average molecular weight is 495 g/mol. The third kappa shape index (κ3) is 4.72. The Hall–Kier alpha value is -2.21. The van der Waals surface area contributed by atoms with Gasteiger partial charge >= 0.3 is 0 Å². The van der Waals surface area contributed by atoms with E-state index in [-0.39, 0.29) is 22.2 Å². The van der Waals surface area contributed by atoms with Crippen LogP contribution in [0.25, 0.3) is 0 Å². The van der Waals surface area contributed by atoms with Crippen LogP contribution in [0.5, 0.6) is 0 Å². The minimum Gasteiger partial charge on any atom is -0.342 e. The van der Waals surface area contributed by atoms with Crippen LogP contribution in [0.15, 0.2) is 46.5 Å². The highest BCUT2D eigenvalue weighted by molar-refractivity contribution is 7.92. The molecule has 2 saturated heterocycles. The minimum atomic E-state index is -3.99. The first-order valence-corrected chi connectivity index (χ1v) is 14.0. The van der Waals surface area contributed by atoms with E-state index in [1.807, 2.05) is 31.2 Å². The average Bonchev–Trinajstić information content (AvgIpc) is 3.55. The fraction of sp³-hybridized carbons (Fsp3) is 0.500. The lowest BCUT2D eigenvalue weighted by Crippen LogP contribution is -2.32. The van der Waals surface area contributed by atoms with E-state index in [0.29, 0.717) is 31.9 Å². The number of carbonyl (C=O) groups is 1. The summed E-state index contributed by atoms with van der Waals surface area (Å²) in [6.45, 7) is 3.24. The lowest BCUT2D eigenvalue weighted by Gasteiger charge is -2.18. The summed E-state index contributed by atoms with van der Waals surface area (Å²) in [5.41, 5.74) is 1.77. The first-order valence-electron chi connectivity index (χ1n) is 11.1. The first kappa shape index (κ1) is 23.9. The van der Waals surface area contributed by atoms with Crippen LogP contribution in [0.4, 0.5) is 5.69 Å². The smallest absolute Gasteiger partial charge is 0.246 e. The molecule has 1 amide bonds. The molecule has 0 atom stereocenters. The number of amides is 1. The van der Waals surface area contributed by atoms with Gasteiger partial charge in [-0.05, 0) is 44.7 Å². The van der Waals surface area contributed by atoms with E-state index in [1.54, 1.807) is 7.05 Å². The van der Waals surface area contributed by atoms with Gasteiger partial charge in [-0.1, -0.05) is 17.7 Å². The van der Waals surface area contributed by atoms with Crippen molar-refractivity contribution in [3.63, 3.8) is 0 Å². The third-order valence-corrected chi connectivity index (χ3v) is 10.3. The van der Waals surface area contributed by atoms with Gasteiger partial charge in [-0.2, -0.15) is 8.61 Å². The van der Waals surface area contributed by atoms with Gasteiger partial charge in [0.2, 0.25) is 26.0 Å². The van der Waals surface area contributed by atoms with Crippen molar-refractivity contribution in [2.24, 2.45) is 0 Å². The standard InChI is InChI=1S/C22H30N4O5S2/c1-18-7-9-19(10-8-18)23(2)22(27)17-24-15-20(32(28,29)25-11-3-4-12-25)21(16-24)33(30,31)26-13-5-6-14-26/h7-10,15-16H,3-6,11-14,17H2,1-2H3. The van der Waals surface area contributed by atoms with Crippen molar-refractivity contribution in [2.75, 3.05) is 38.1 Å². The van der Waals surface area contributed by atoms with Gasteiger partial charge in [0.15, 0.2) is 0 Å². The fourth-order valence-electron chi connectivity index (χ4n) is 4.25. The molecule has 0 N–H and O–H groups in total. The zero-order valence-electron chi connectivity index (χ0n) is 19.0. The number of sulfonamides is 2. The number of rotatable bonds is 7. The van der Waals surface area contributed by atoms with Gasteiger partial charge in [0.1, 0.15) is 16.3 Å². The molecule has 2 aromatic rings. The van der Waals surface area contributed by atoms with Gasteiger partial charge in [0, 0.05) is 51.3 Å². The maximum absolute atomic E-state index is 13.3. The Morgan fingerprint density at radius 2 is 1.24 bits per heavy atom. The van der Waals surface area contributed by atoms with Crippen LogP contribution in [-0.4, -0.2) is 69.1 Å². The van der Waals surface area contributed by atoms with E-state index >= 15 is 0 Å². The van der Waals surface area contributed by atoms with Gasteiger partial charge in [-0.25, -0.2) is 16.8 Å². The van der Waals surface area contributed by atoms with E-state index < -0.39 is 20.0 Å². The van der Waals surface area contributed by atoms with Crippen molar-refractivity contribution in [1.82, 2.24) is 13.2 Å². The monoisotopic (exact) mass is 494 g/mol. The molecule has 0 radical (unpaired) electrons. The summed E-state index contributed by atoms with van der Waals surface area (Å²) in [6.07, 6.45) is 5.55. The van der Waals surface area contributed by atoms with Gasteiger partial charge in [0.05, 0.1) is 0 Å². The summed E-state index contributed by atoms with van der Waals surface area (Å²) in [4.78, 5) is 13.9. The van der Waals surface area contributed by atoms with Crippen LogP contribution >= 0.6 is 0 Å². The molecule has 33 heavy (non-hydrogen) atoms. The second-order valence-corrected chi connectivity index (χ2v) is 12.5. The van der Waals surface area contributed by atoms with Crippen LogP contribution in [0.3, 0.4) is 0 Å². The molecule has 2 aliphatic rings. The normalized spacial score (nSPS) is 18.1. The summed E-state index contributed by atoms with van der Waals surface area (Å²) in [6, 6.07) is 7.46. The largest absolute Gasteiger partial charge is 0.342 e. The Morgan fingerprint density at radius 3 is 1.67 bits per heavy atom. The van der Waals surface area contributed by atoms with Gasteiger partial charge in [0.25, 0.3) is 0 Å². The Balaban J connectivity index is 1.68. The lowest BCUT2D eigenvalue weighted by molar-refractivity contribution is -0.118. The molecule has 4 rings (SSSR count). The maximum atomic E-state index is 13.3. The Bertz CT molecular complexity index is 1160. The molecule has 180 valence electrons. The van der Waals surface area contributed by atoms with Gasteiger partial charge in [-0.15, -0.1) is 0 Å². The molecule has 2 aliphatic heterocycles. The van der Waals surface area contributed by atoms with Crippen molar-refractivity contribution in [1.29, 1.82) is 0 Å². The first-order chi connectivity index (χ1) is 15.6. The molecule has 1 aromatic heterocycles. The topological polar surface area (TPSA) is 100 Å². The predicted molar refractivity (Wildman–Crippen MR) is 125 cm³/mol. The van der Waals surface area contributed by atoms with Crippen molar-refractivity contribution < 1.29 is 21.6 Å². The molecular formula is C22H30N4O5S2. The molecule has 0 unspecified atom stereocenters. The zero-order valence-corrected chi connectivity index (χ0v) is 20.6. The highest BCUT2D eigenvalue weighted by Gasteiger charge is 2.38. The van der Waals surface area contributed by atoms with Crippen LogP contribution in [-0.2, 0) is 31.4 Å². The molecule has 3 heterocycles. The van der Waals surface area contributed by atoms with Gasteiger partial charge < -0.3 is 9.47 Å². The summed E-state index contributed by atoms with van der Waals surface area (Å²) in [5.74, 6) is -0.288. The highest BCUT2D eigenvalue weighted by atomic mass is 32.2. The third-order valence-electron chi connectivity index (χ3n) is 6.29. The van der Waals surface area contributed by atoms with Crippen LogP contribution in [0.1, 0.15) is 31.2 Å². The number of hydrogen-bond acceptors (Lipinski definition) is 5. The number of likely N-dealkylation sites (N-methyl/N-ethyl adjacent to an activating group) is 1.